The van der Waals surface area contributed by atoms with Crippen molar-refractivity contribution in [2.24, 2.45) is 0 Å². The summed E-state index contributed by atoms with van der Waals surface area (Å²) in [6, 6.07) is 4.03. The maximum Gasteiger partial charge on any atom is 0.159 e. The summed E-state index contributed by atoms with van der Waals surface area (Å²) in [6.45, 7) is 6.46. The molecule has 2 aromatic rings. The van der Waals surface area contributed by atoms with Crippen LogP contribution in [0.5, 0.6) is 0 Å². The van der Waals surface area contributed by atoms with Crippen LogP contribution in [0.4, 0.5) is 5.82 Å². The zero-order chi connectivity index (χ0) is 14.1. The molecule has 1 fully saturated rings. The minimum atomic E-state index is 0.105. The molecule has 0 radical (unpaired) electrons. The first-order valence-electron chi connectivity index (χ1n) is 6.69. The molecule has 2 atom stereocenters. The lowest BCUT2D eigenvalue weighted by Gasteiger charge is -2.29. The number of rotatable bonds is 3. The van der Waals surface area contributed by atoms with Gasteiger partial charge in [0, 0.05) is 24.8 Å². The molecule has 0 aliphatic carbocycles. The third-order valence-electron chi connectivity index (χ3n) is 3.45. The number of hydrogen-bond donors (Lipinski definition) is 1. The first-order chi connectivity index (χ1) is 9.65. The summed E-state index contributed by atoms with van der Waals surface area (Å²) in [5.41, 5.74) is 1.67. The third kappa shape index (κ3) is 2.64. The van der Waals surface area contributed by atoms with Gasteiger partial charge in [-0.2, -0.15) is 9.61 Å². The van der Waals surface area contributed by atoms with Gasteiger partial charge in [0.25, 0.3) is 0 Å². The van der Waals surface area contributed by atoms with Crippen LogP contribution in [0.3, 0.4) is 0 Å². The molecule has 1 saturated heterocycles. The lowest BCUT2D eigenvalue weighted by molar-refractivity contribution is 0.0411. The molecule has 5 nitrogen and oxygen atoms in total. The van der Waals surface area contributed by atoms with Gasteiger partial charge in [-0.05, 0) is 19.8 Å². The Hall–Kier alpha value is -1.59. The molecule has 20 heavy (non-hydrogen) atoms. The molecular formula is C14H17ClN4O. The van der Waals surface area contributed by atoms with E-state index in [1.165, 1.54) is 0 Å². The van der Waals surface area contributed by atoms with E-state index in [-0.39, 0.29) is 6.10 Å². The standard InChI is InChI=1S/C14H17ClN4O/c1-3-11-7-10(4-5-20-11)16-14-8-12(15)17-13-6-9(2)18-19(13)14/h3,6,8,10-11,16H,1,4-5,7H2,2H3/t10-,11+/m1/s1. The first kappa shape index (κ1) is 13.4. The molecule has 0 aromatic carbocycles. The minimum Gasteiger partial charge on any atom is -0.374 e. The molecule has 0 saturated carbocycles. The van der Waals surface area contributed by atoms with Gasteiger partial charge in [0.2, 0.25) is 0 Å². The van der Waals surface area contributed by atoms with Crippen molar-refractivity contribution in [3.63, 3.8) is 0 Å². The molecule has 106 valence electrons. The van der Waals surface area contributed by atoms with Crippen LogP contribution in [0.2, 0.25) is 5.15 Å². The Bertz CT molecular complexity index is 639. The average molecular weight is 293 g/mol. The fourth-order valence-electron chi connectivity index (χ4n) is 2.49. The quantitative estimate of drug-likeness (QED) is 0.698. The van der Waals surface area contributed by atoms with Crippen molar-refractivity contribution in [1.82, 2.24) is 14.6 Å². The average Bonchev–Trinajstić information content (AvgIpc) is 2.79. The highest BCUT2D eigenvalue weighted by Crippen LogP contribution is 2.22. The van der Waals surface area contributed by atoms with E-state index in [4.69, 9.17) is 16.3 Å². The van der Waals surface area contributed by atoms with E-state index in [1.807, 2.05) is 19.1 Å². The SMILES string of the molecule is C=C[C@H]1C[C@H](Nc2cc(Cl)nc3cc(C)nn23)CCO1. The molecule has 1 aliphatic heterocycles. The smallest absolute Gasteiger partial charge is 0.159 e. The summed E-state index contributed by atoms with van der Waals surface area (Å²) in [5, 5.41) is 8.40. The summed E-state index contributed by atoms with van der Waals surface area (Å²) < 4.78 is 7.38. The van der Waals surface area contributed by atoms with E-state index in [1.54, 1.807) is 10.6 Å². The van der Waals surface area contributed by atoms with Crippen molar-refractivity contribution in [3.8, 4) is 0 Å². The second kappa shape index (κ2) is 5.42. The monoisotopic (exact) mass is 292 g/mol. The summed E-state index contributed by atoms with van der Waals surface area (Å²) >= 11 is 6.07. The van der Waals surface area contributed by atoms with Crippen LogP contribution in [0.25, 0.3) is 5.65 Å². The lowest BCUT2D eigenvalue weighted by Crippen LogP contribution is -2.33. The summed E-state index contributed by atoms with van der Waals surface area (Å²) in [4.78, 5) is 4.27. The second-order valence-corrected chi connectivity index (χ2v) is 5.42. The number of aromatic nitrogens is 3. The number of halogens is 1. The highest BCUT2D eigenvalue weighted by Gasteiger charge is 2.21. The van der Waals surface area contributed by atoms with Crippen LogP contribution in [0, 0.1) is 6.92 Å². The van der Waals surface area contributed by atoms with Crippen molar-refractivity contribution in [1.29, 1.82) is 0 Å². The molecular weight excluding hydrogens is 276 g/mol. The number of fused-ring (bicyclic) bond motifs is 1. The van der Waals surface area contributed by atoms with Gasteiger partial charge < -0.3 is 10.1 Å². The minimum absolute atomic E-state index is 0.105. The lowest BCUT2D eigenvalue weighted by atomic mass is 10.0. The molecule has 3 heterocycles. The Morgan fingerprint density at radius 2 is 2.40 bits per heavy atom. The number of ether oxygens (including phenoxy) is 1. The van der Waals surface area contributed by atoms with Crippen LogP contribution in [-0.4, -0.2) is 33.4 Å². The fraction of sp³-hybridized carbons (Fsp3) is 0.429. The molecule has 0 spiro atoms. The number of hydrogen-bond acceptors (Lipinski definition) is 4. The largest absolute Gasteiger partial charge is 0.374 e. The third-order valence-corrected chi connectivity index (χ3v) is 3.64. The summed E-state index contributed by atoms with van der Waals surface area (Å²) in [6.07, 6.45) is 3.80. The van der Waals surface area contributed by atoms with Gasteiger partial charge in [-0.15, -0.1) is 6.58 Å². The van der Waals surface area contributed by atoms with Crippen LogP contribution >= 0.6 is 11.6 Å². The van der Waals surface area contributed by atoms with Crippen LogP contribution in [0.1, 0.15) is 18.5 Å². The van der Waals surface area contributed by atoms with Crippen LogP contribution in [0.15, 0.2) is 24.8 Å². The summed E-state index contributed by atoms with van der Waals surface area (Å²) in [5.74, 6) is 0.864. The Morgan fingerprint density at radius 1 is 1.55 bits per heavy atom. The van der Waals surface area contributed by atoms with Gasteiger partial charge in [0.15, 0.2) is 5.65 Å². The Kier molecular flexibility index (Phi) is 3.63. The van der Waals surface area contributed by atoms with E-state index in [0.717, 1.165) is 36.6 Å². The maximum absolute atomic E-state index is 6.07. The number of nitrogens with one attached hydrogen (secondary N) is 1. The predicted molar refractivity (Wildman–Crippen MR) is 79.3 cm³/mol. The molecule has 3 rings (SSSR count). The second-order valence-electron chi connectivity index (χ2n) is 5.03. The molecule has 1 aliphatic rings. The first-order valence-corrected chi connectivity index (χ1v) is 7.07. The zero-order valence-electron chi connectivity index (χ0n) is 11.3. The van der Waals surface area contributed by atoms with Crippen molar-refractivity contribution in [2.75, 3.05) is 11.9 Å². The maximum atomic E-state index is 6.07. The van der Waals surface area contributed by atoms with E-state index in [9.17, 15) is 0 Å². The highest BCUT2D eigenvalue weighted by atomic mass is 35.5. The van der Waals surface area contributed by atoms with Crippen molar-refractivity contribution >= 4 is 23.1 Å². The van der Waals surface area contributed by atoms with Crippen LogP contribution < -0.4 is 5.32 Å². The number of aryl methyl sites for hydroxylation is 1. The van der Waals surface area contributed by atoms with Gasteiger partial charge in [0.05, 0.1) is 11.8 Å². The molecule has 0 amide bonds. The van der Waals surface area contributed by atoms with Gasteiger partial charge in [-0.3, -0.25) is 0 Å². The van der Waals surface area contributed by atoms with Crippen molar-refractivity contribution in [2.45, 2.75) is 31.9 Å². The number of nitrogens with zero attached hydrogens (tertiary/aromatic N) is 3. The molecule has 0 unspecified atom stereocenters. The Morgan fingerprint density at radius 3 is 3.20 bits per heavy atom. The van der Waals surface area contributed by atoms with Gasteiger partial charge in [-0.1, -0.05) is 17.7 Å². The van der Waals surface area contributed by atoms with Crippen LogP contribution in [-0.2, 0) is 4.74 Å². The van der Waals surface area contributed by atoms with E-state index in [2.05, 4.69) is 22.0 Å². The Balaban J connectivity index is 1.88. The van der Waals surface area contributed by atoms with E-state index < -0.39 is 0 Å². The van der Waals surface area contributed by atoms with Gasteiger partial charge in [0.1, 0.15) is 11.0 Å². The number of anilines is 1. The highest BCUT2D eigenvalue weighted by molar-refractivity contribution is 6.29. The van der Waals surface area contributed by atoms with Crippen molar-refractivity contribution in [3.05, 3.63) is 35.6 Å². The molecule has 6 heteroatoms. The predicted octanol–water partition coefficient (Wildman–Crippen LogP) is 2.84. The van der Waals surface area contributed by atoms with Gasteiger partial charge in [-0.25, -0.2) is 4.98 Å². The van der Waals surface area contributed by atoms with E-state index in [0.29, 0.717) is 11.2 Å². The normalized spacial score (nSPS) is 22.9. The Labute approximate surface area is 122 Å². The fourth-order valence-corrected chi connectivity index (χ4v) is 2.68. The molecule has 2 aromatic heterocycles. The zero-order valence-corrected chi connectivity index (χ0v) is 12.1. The van der Waals surface area contributed by atoms with E-state index >= 15 is 0 Å². The topological polar surface area (TPSA) is 51.5 Å². The molecule has 0 bridgehead atoms. The molecule has 1 N–H and O–H groups in total. The van der Waals surface area contributed by atoms with Gasteiger partial charge >= 0.3 is 0 Å². The summed E-state index contributed by atoms with van der Waals surface area (Å²) in [7, 11) is 0. The van der Waals surface area contributed by atoms with Crippen molar-refractivity contribution < 1.29 is 4.74 Å².